The summed E-state index contributed by atoms with van der Waals surface area (Å²) in [6, 6.07) is 3.58. The van der Waals surface area contributed by atoms with Crippen LogP contribution in [-0.4, -0.2) is 49.5 Å². The van der Waals surface area contributed by atoms with Crippen LogP contribution in [0.3, 0.4) is 0 Å². The Morgan fingerprint density at radius 1 is 1.28 bits per heavy atom. The first-order valence-electron chi connectivity index (χ1n) is 7.62. The number of likely N-dealkylation sites (N-methyl/N-ethyl adjacent to an activating group) is 1. The molecule has 0 spiro atoms. The van der Waals surface area contributed by atoms with Gasteiger partial charge in [-0.1, -0.05) is 11.2 Å². The molecule has 0 aliphatic heterocycles. The van der Waals surface area contributed by atoms with E-state index in [1.54, 1.807) is 25.5 Å². The second kappa shape index (κ2) is 7.18. The van der Waals surface area contributed by atoms with Crippen molar-refractivity contribution in [3.05, 3.63) is 50.9 Å². The van der Waals surface area contributed by atoms with E-state index in [-0.39, 0.29) is 23.7 Å². The van der Waals surface area contributed by atoms with Gasteiger partial charge in [0.05, 0.1) is 6.54 Å². The molecule has 0 saturated heterocycles. The molecule has 3 heterocycles. The lowest BCUT2D eigenvalue weighted by Gasteiger charge is -2.11. The average molecular weight is 343 g/mol. The molecule has 3 aromatic heterocycles. The molecule has 0 bridgehead atoms. The molecule has 3 rings (SSSR count). The molecule has 0 atom stereocenters. The van der Waals surface area contributed by atoms with Crippen molar-refractivity contribution in [2.45, 2.75) is 6.54 Å². The van der Waals surface area contributed by atoms with Crippen molar-refractivity contribution in [2.24, 2.45) is 7.05 Å². The van der Waals surface area contributed by atoms with Gasteiger partial charge in [0.2, 0.25) is 0 Å². The summed E-state index contributed by atoms with van der Waals surface area (Å²) < 4.78 is 7.67. The molecule has 1 N–H and O–H groups in total. The van der Waals surface area contributed by atoms with Gasteiger partial charge in [0.1, 0.15) is 6.61 Å². The number of pyridine rings is 1. The highest BCUT2D eigenvalue weighted by molar-refractivity contribution is 5.68. The number of aromatic nitrogens is 6. The van der Waals surface area contributed by atoms with Gasteiger partial charge < -0.3 is 10.1 Å². The van der Waals surface area contributed by atoms with Crippen LogP contribution in [0.25, 0.3) is 11.2 Å². The number of nitrogens with zero attached hydrogens (tertiary/aromatic N) is 6. The van der Waals surface area contributed by atoms with Crippen LogP contribution in [0.1, 0.15) is 5.56 Å². The molecule has 25 heavy (non-hydrogen) atoms. The summed E-state index contributed by atoms with van der Waals surface area (Å²) in [5, 5.41) is 10.8. The highest BCUT2D eigenvalue weighted by atomic mass is 16.5. The molecule has 10 nitrogen and oxygen atoms in total. The monoisotopic (exact) mass is 343 g/mol. The van der Waals surface area contributed by atoms with E-state index in [2.05, 4.69) is 25.5 Å². The Labute approximate surface area is 142 Å². The maximum Gasteiger partial charge on any atom is 0.336 e. The van der Waals surface area contributed by atoms with E-state index >= 15 is 0 Å². The molecule has 10 heteroatoms. The van der Waals surface area contributed by atoms with Gasteiger partial charge in [-0.25, -0.2) is 4.79 Å². The van der Waals surface area contributed by atoms with E-state index < -0.39 is 11.2 Å². The normalized spacial score (nSPS) is 11.0. The van der Waals surface area contributed by atoms with E-state index in [0.717, 1.165) is 10.1 Å². The van der Waals surface area contributed by atoms with Crippen LogP contribution >= 0.6 is 0 Å². The summed E-state index contributed by atoms with van der Waals surface area (Å²) in [5.74, 6) is 0. The lowest BCUT2D eigenvalue weighted by Crippen LogP contribution is -2.39. The summed E-state index contributed by atoms with van der Waals surface area (Å²) in [6.07, 6.45) is 3.28. The summed E-state index contributed by atoms with van der Waals surface area (Å²) in [4.78, 5) is 33.0. The number of rotatable bonds is 6. The Kier molecular flexibility index (Phi) is 4.80. The summed E-state index contributed by atoms with van der Waals surface area (Å²) in [7, 11) is 3.18. The maximum absolute atomic E-state index is 12.5. The zero-order valence-corrected chi connectivity index (χ0v) is 13.8. The molecule has 0 unspecified atom stereocenters. The largest absolute Gasteiger partial charge is 0.461 e. The average Bonchev–Trinajstić information content (AvgIpc) is 2.64. The highest BCUT2D eigenvalue weighted by Crippen LogP contribution is 2.08. The van der Waals surface area contributed by atoms with Crippen molar-refractivity contribution in [2.75, 3.05) is 20.2 Å². The molecule has 0 aliphatic rings. The van der Waals surface area contributed by atoms with Crippen LogP contribution in [-0.2, 0) is 13.6 Å². The Morgan fingerprint density at radius 2 is 2.12 bits per heavy atom. The Hall–Kier alpha value is -3.14. The first kappa shape index (κ1) is 16.7. The summed E-state index contributed by atoms with van der Waals surface area (Å²) in [5.41, 5.74) is -0.115. The van der Waals surface area contributed by atoms with Crippen LogP contribution in [0, 0.1) is 0 Å². The quantitative estimate of drug-likeness (QED) is 0.562. The van der Waals surface area contributed by atoms with E-state index in [4.69, 9.17) is 4.74 Å². The number of ether oxygens (including phenoxy) is 1. The minimum absolute atomic E-state index is 0.00794. The minimum Gasteiger partial charge on any atom is -0.461 e. The van der Waals surface area contributed by atoms with E-state index in [9.17, 15) is 9.59 Å². The molecule has 0 aliphatic carbocycles. The zero-order chi connectivity index (χ0) is 17.8. The van der Waals surface area contributed by atoms with E-state index in [1.807, 2.05) is 6.07 Å². The smallest absolute Gasteiger partial charge is 0.336 e. The SMILES string of the molecule is CNCCOc1nnc2c(n1)c(=O)n(C)c(=O)n2Cc1cccnc1. The number of fused-ring (bicyclic) bond motifs is 1. The summed E-state index contributed by atoms with van der Waals surface area (Å²) >= 11 is 0. The van der Waals surface area contributed by atoms with Crippen molar-refractivity contribution in [3.63, 3.8) is 0 Å². The van der Waals surface area contributed by atoms with Crippen molar-refractivity contribution in [1.29, 1.82) is 0 Å². The second-order valence-corrected chi connectivity index (χ2v) is 5.31. The molecule has 130 valence electrons. The fourth-order valence-corrected chi connectivity index (χ4v) is 2.27. The predicted octanol–water partition coefficient (Wildman–Crippen LogP) is -1.07. The first-order valence-corrected chi connectivity index (χ1v) is 7.62. The predicted molar refractivity (Wildman–Crippen MR) is 89.6 cm³/mol. The zero-order valence-electron chi connectivity index (χ0n) is 13.8. The van der Waals surface area contributed by atoms with Gasteiger partial charge in [-0.3, -0.25) is 18.9 Å². The third kappa shape index (κ3) is 3.38. The molecule has 3 aromatic rings. The van der Waals surface area contributed by atoms with Crippen LogP contribution in [0.5, 0.6) is 6.01 Å². The van der Waals surface area contributed by atoms with E-state index in [1.165, 1.54) is 11.6 Å². The number of hydrogen-bond donors (Lipinski definition) is 1. The molecule has 0 amide bonds. The van der Waals surface area contributed by atoms with Gasteiger partial charge >= 0.3 is 11.7 Å². The van der Waals surface area contributed by atoms with Gasteiger partial charge in [-0.05, 0) is 18.7 Å². The maximum atomic E-state index is 12.5. The third-order valence-electron chi connectivity index (χ3n) is 3.58. The van der Waals surface area contributed by atoms with Gasteiger partial charge in [0.15, 0.2) is 11.2 Å². The number of hydrogen-bond acceptors (Lipinski definition) is 8. The van der Waals surface area contributed by atoms with Crippen molar-refractivity contribution in [3.8, 4) is 6.01 Å². The van der Waals surface area contributed by atoms with Crippen molar-refractivity contribution in [1.82, 2.24) is 34.6 Å². The minimum atomic E-state index is -0.546. The highest BCUT2D eigenvalue weighted by Gasteiger charge is 2.16. The molecule has 0 saturated carbocycles. The summed E-state index contributed by atoms with van der Waals surface area (Å²) in [6.45, 7) is 1.13. The topological polar surface area (TPSA) is 117 Å². The molecule has 0 aromatic carbocycles. The van der Waals surface area contributed by atoms with Crippen LogP contribution in [0.15, 0.2) is 34.1 Å². The van der Waals surface area contributed by atoms with Crippen molar-refractivity contribution < 1.29 is 4.74 Å². The Balaban J connectivity index is 2.10. The lowest BCUT2D eigenvalue weighted by atomic mass is 10.3. The van der Waals surface area contributed by atoms with Gasteiger partial charge in [-0.2, -0.15) is 4.98 Å². The van der Waals surface area contributed by atoms with Crippen LogP contribution in [0.4, 0.5) is 0 Å². The van der Waals surface area contributed by atoms with E-state index in [0.29, 0.717) is 13.2 Å². The van der Waals surface area contributed by atoms with Gasteiger partial charge in [0, 0.05) is 26.0 Å². The van der Waals surface area contributed by atoms with Crippen molar-refractivity contribution >= 4 is 11.2 Å². The third-order valence-corrected chi connectivity index (χ3v) is 3.58. The fourth-order valence-electron chi connectivity index (χ4n) is 2.27. The van der Waals surface area contributed by atoms with Gasteiger partial charge in [0.25, 0.3) is 5.56 Å². The second-order valence-electron chi connectivity index (χ2n) is 5.31. The van der Waals surface area contributed by atoms with Gasteiger partial charge in [-0.15, -0.1) is 5.10 Å². The molecule has 0 radical (unpaired) electrons. The standard InChI is InChI=1S/C15H17N7O3/c1-16-6-7-25-14-18-11-12(19-20-14)22(15(24)21(2)13(11)23)9-10-4-3-5-17-8-10/h3-5,8,16H,6-7,9H2,1-2H3. The Morgan fingerprint density at radius 3 is 2.84 bits per heavy atom. The first-order chi connectivity index (χ1) is 12.1. The van der Waals surface area contributed by atoms with Crippen LogP contribution < -0.4 is 21.3 Å². The fraction of sp³-hybridized carbons (Fsp3) is 0.333. The van der Waals surface area contributed by atoms with Crippen LogP contribution in [0.2, 0.25) is 0 Å². The number of nitrogens with one attached hydrogen (secondary N) is 1. The molecular formula is C15H17N7O3. The molecular weight excluding hydrogens is 326 g/mol. The molecule has 0 fully saturated rings. The Bertz CT molecular complexity index is 998. The lowest BCUT2D eigenvalue weighted by molar-refractivity contribution is 0.291.